The van der Waals surface area contributed by atoms with E-state index in [1.807, 2.05) is 45.0 Å². The highest BCUT2D eigenvalue weighted by molar-refractivity contribution is 7.17. The van der Waals surface area contributed by atoms with E-state index in [1.165, 1.54) is 4.88 Å². The van der Waals surface area contributed by atoms with Crippen LogP contribution >= 0.6 is 11.3 Å². The molecule has 0 saturated carbocycles. The van der Waals surface area contributed by atoms with Gasteiger partial charge in [-0.2, -0.15) is 0 Å². The summed E-state index contributed by atoms with van der Waals surface area (Å²) in [5.74, 6) is 1.06. The number of hydrogen-bond acceptors (Lipinski definition) is 4. The third kappa shape index (κ3) is 4.38. The Kier molecular flexibility index (Phi) is 5.79. The van der Waals surface area contributed by atoms with Crippen LogP contribution in [0, 0.1) is 11.3 Å². The minimum absolute atomic E-state index is 0.0855. The van der Waals surface area contributed by atoms with E-state index in [0.29, 0.717) is 22.2 Å². The SMILES string of the molecule is COc1ccc(NC(=O)c2c(NC(=O)C(C)(C)C)sc3c2CCC(C)C3)cc1. The molecule has 0 bridgehead atoms. The molecule has 150 valence electrons. The van der Waals surface area contributed by atoms with E-state index in [2.05, 4.69) is 17.6 Å². The zero-order chi connectivity index (χ0) is 20.5. The number of hydrogen-bond donors (Lipinski definition) is 2. The number of ether oxygens (including phenoxy) is 1. The highest BCUT2D eigenvalue weighted by atomic mass is 32.1. The van der Waals surface area contributed by atoms with Crippen molar-refractivity contribution in [1.29, 1.82) is 0 Å². The topological polar surface area (TPSA) is 67.4 Å². The number of benzene rings is 1. The Morgan fingerprint density at radius 1 is 1.14 bits per heavy atom. The van der Waals surface area contributed by atoms with Crippen LogP contribution in [0.2, 0.25) is 0 Å². The summed E-state index contributed by atoms with van der Waals surface area (Å²) in [6, 6.07) is 7.24. The second-order valence-electron chi connectivity index (χ2n) is 8.44. The molecule has 0 saturated heterocycles. The first kappa shape index (κ1) is 20.4. The van der Waals surface area contributed by atoms with Crippen molar-refractivity contribution in [1.82, 2.24) is 0 Å². The Morgan fingerprint density at radius 2 is 1.82 bits per heavy atom. The molecular formula is C22H28N2O3S. The van der Waals surface area contributed by atoms with Gasteiger partial charge in [0.05, 0.1) is 12.7 Å². The number of rotatable bonds is 4. The number of carbonyl (C=O) groups excluding carboxylic acids is 2. The van der Waals surface area contributed by atoms with Gasteiger partial charge in [-0.1, -0.05) is 27.7 Å². The van der Waals surface area contributed by atoms with E-state index >= 15 is 0 Å². The summed E-state index contributed by atoms with van der Waals surface area (Å²) in [5, 5.41) is 6.63. The summed E-state index contributed by atoms with van der Waals surface area (Å²) >= 11 is 1.54. The summed E-state index contributed by atoms with van der Waals surface area (Å²) in [4.78, 5) is 26.9. The Balaban J connectivity index is 1.92. The molecular weight excluding hydrogens is 372 g/mol. The molecule has 1 aliphatic rings. The monoisotopic (exact) mass is 400 g/mol. The van der Waals surface area contributed by atoms with E-state index in [9.17, 15) is 9.59 Å². The number of methoxy groups -OCH3 is 1. The van der Waals surface area contributed by atoms with Crippen LogP contribution in [-0.4, -0.2) is 18.9 Å². The number of thiophene rings is 1. The van der Waals surface area contributed by atoms with Gasteiger partial charge in [-0.05, 0) is 55.0 Å². The second-order valence-corrected chi connectivity index (χ2v) is 9.55. The van der Waals surface area contributed by atoms with E-state index in [4.69, 9.17) is 4.74 Å². The minimum atomic E-state index is -0.526. The van der Waals surface area contributed by atoms with Crippen LogP contribution in [-0.2, 0) is 17.6 Å². The van der Waals surface area contributed by atoms with E-state index < -0.39 is 5.41 Å². The predicted octanol–water partition coefficient (Wildman–Crippen LogP) is 5.12. The van der Waals surface area contributed by atoms with Crippen LogP contribution in [0.25, 0.3) is 0 Å². The molecule has 0 fully saturated rings. The molecule has 1 aromatic heterocycles. The lowest BCUT2D eigenvalue weighted by Crippen LogP contribution is -2.28. The Morgan fingerprint density at radius 3 is 2.43 bits per heavy atom. The molecule has 0 spiro atoms. The van der Waals surface area contributed by atoms with Crippen LogP contribution < -0.4 is 15.4 Å². The fourth-order valence-corrected chi connectivity index (χ4v) is 4.64. The van der Waals surface area contributed by atoms with Crippen LogP contribution in [0.5, 0.6) is 5.75 Å². The number of amides is 2. The number of nitrogens with one attached hydrogen (secondary N) is 2. The summed E-state index contributed by atoms with van der Waals surface area (Å²) < 4.78 is 5.17. The van der Waals surface area contributed by atoms with Crippen LogP contribution in [0.4, 0.5) is 10.7 Å². The molecule has 2 aromatic rings. The third-order valence-electron chi connectivity index (χ3n) is 4.99. The summed E-state index contributed by atoms with van der Waals surface area (Å²) in [6.45, 7) is 7.84. The average molecular weight is 401 g/mol. The van der Waals surface area contributed by atoms with Crippen molar-refractivity contribution in [3.63, 3.8) is 0 Å². The lowest BCUT2D eigenvalue weighted by atomic mass is 9.88. The predicted molar refractivity (Wildman–Crippen MR) is 115 cm³/mol. The standard InChI is InChI=1S/C22H28N2O3S/c1-13-6-11-16-17(12-13)28-20(24-21(26)22(2,3)4)18(16)19(25)23-14-7-9-15(27-5)10-8-14/h7-10,13H,6,11-12H2,1-5H3,(H,23,25)(H,24,26). The number of anilines is 2. The molecule has 1 unspecified atom stereocenters. The molecule has 1 aliphatic carbocycles. The zero-order valence-corrected chi connectivity index (χ0v) is 18.0. The fourth-order valence-electron chi connectivity index (χ4n) is 3.24. The number of carbonyl (C=O) groups is 2. The molecule has 1 atom stereocenters. The maximum atomic E-state index is 13.1. The van der Waals surface area contributed by atoms with Crippen molar-refractivity contribution < 1.29 is 14.3 Å². The molecule has 3 rings (SSSR count). The van der Waals surface area contributed by atoms with E-state index in [-0.39, 0.29) is 11.8 Å². The Bertz CT molecular complexity index is 878. The van der Waals surface area contributed by atoms with Gasteiger partial charge in [0.1, 0.15) is 10.8 Å². The normalized spacial score (nSPS) is 16.2. The van der Waals surface area contributed by atoms with Crippen LogP contribution in [0.15, 0.2) is 24.3 Å². The molecule has 0 radical (unpaired) electrons. The first-order valence-electron chi connectivity index (χ1n) is 9.60. The average Bonchev–Trinajstić information content (AvgIpc) is 2.98. The van der Waals surface area contributed by atoms with Gasteiger partial charge in [-0.15, -0.1) is 11.3 Å². The van der Waals surface area contributed by atoms with Gasteiger partial charge in [0.25, 0.3) is 5.91 Å². The Hall–Kier alpha value is -2.34. The van der Waals surface area contributed by atoms with Gasteiger partial charge in [0.2, 0.25) is 5.91 Å². The van der Waals surface area contributed by atoms with Gasteiger partial charge in [0, 0.05) is 16.0 Å². The highest BCUT2D eigenvalue weighted by Crippen LogP contribution is 2.40. The molecule has 0 aliphatic heterocycles. The first-order valence-corrected chi connectivity index (χ1v) is 10.4. The third-order valence-corrected chi connectivity index (χ3v) is 6.16. The van der Waals surface area contributed by atoms with Gasteiger partial charge in [0.15, 0.2) is 0 Å². The Labute approximate surface area is 170 Å². The molecule has 5 nitrogen and oxygen atoms in total. The van der Waals surface area contributed by atoms with Crippen LogP contribution in [0.3, 0.4) is 0 Å². The molecule has 1 heterocycles. The fraction of sp³-hybridized carbons (Fsp3) is 0.455. The van der Waals surface area contributed by atoms with Crippen molar-refractivity contribution in [2.45, 2.75) is 47.0 Å². The van der Waals surface area contributed by atoms with Crippen LogP contribution in [0.1, 0.15) is 54.9 Å². The first-order chi connectivity index (χ1) is 13.2. The molecule has 2 amide bonds. The van der Waals surface area contributed by atoms with Crippen molar-refractivity contribution in [2.24, 2.45) is 11.3 Å². The second kappa shape index (κ2) is 7.95. The van der Waals surface area contributed by atoms with Gasteiger partial charge >= 0.3 is 0 Å². The van der Waals surface area contributed by atoms with Crippen molar-refractivity contribution in [2.75, 3.05) is 17.7 Å². The largest absolute Gasteiger partial charge is 0.497 e. The molecule has 2 N–H and O–H groups in total. The zero-order valence-electron chi connectivity index (χ0n) is 17.1. The van der Waals surface area contributed by atoms with E-state index in [1.54, 1.807) is 18.4 Å². The lowest BCUT2D eigenvalue weighted by Gasteiger charge is -2.19. The summed E-state index contributed by atoms with van der Waals surface area (Å²) in [5.41, 5.74) is 1.86. The molecule has 6 heteroatoms. The van der Waals surface area contributed by atoms with Gasteiger partial charge in [-0.3, -0.25) is 9.59 Å². The lowest BCUT2D eigenvalue weighted by molar-refractivity contribution is -0.123. The highest BCUT2D eigenvalue weighted by Gasteiger charge is 2.30. The van der Waals surface area contributed by atoms with E-state index in [0.717, 1.165) is 30.6 Å². The summed E-state index contributed by atoms with van der Waals surface area (Å²) in [6.07, 6.45) is 2.87. The summed E-state index contributed by atoms with van der Waals surface area (Å²) in [7, 11) is 1.61. The van der Waals surface area contributed by atoms with Gasteiger partial charge < -0.3 is 15.4 Å². The number of fused-ring (bicyclic) bond motifs is 1. The van der Waals surface area contributed by atoms with Crippen molar-refractivity contribution in [3.05, 3.63) is 40.3 Å². The van der Waals surface area contributed by atoms with Crippen molar-refractivity contribution >= 4 is 33.8 Å². The smallest absolute Gasteiger partial charge is 0.258 e. The van der Waals surface area contributed by atoms with Gasteiger partial charge in [-0.25, -0.2) is 0 Å². The quantitative estimate of drug-likeness (QED) is 0.749. The maximum absolute atomic E-state index is 13.1. The minimum Gasteiger partial charge on any atom is -0.497 e. The molecule has 1 aromatic carbocycles. The molecule has 28 heavy (non-hydrogen) atoms. The maximum Gasteiger partial charge on any atom is 0.258 e. The van der Waals surface area contributed by atoms with Crippen molar-refractivity contribution in [3.8, 4) is 5.75 Å².